The van der Waals surface area contributed by atoms with Gasteiger partial charge in [-0.05, 0) is 93.9 Å². The Labute approximate surface area is 566 Å². The summed E-state index contributed by atoms with van der Waals surface area (Å²) in [5, 5.41) is 105. The quantitative estimate of drug-likeness (QED) is 0.0379. The minimum absolute atomic E-state index is 0.00459. The van der Waals surface area contributed by atoms with Gasteiger partial charge in [-0.1, -0.05) is 55.3 Å². The molecule has 544 valence electrons. The Balaban J connectivity index is 1.58. The van der Waals surface area contributed by atoms with Gasteiger partial charge >= 0.3 is 53.8 Å². The summed E-state index contributed by atoms with van der Waals surface area (Å²) in [5.41, 5.74) is 1.47. The van der Waals surface area contributed by atoms with Crippen molar-refractivity contribution in [3.05, 3.63) is 65.2 Å². The van der Waals surface area contributed by atoms with Crippen molar-refractivity contribution >= 4 is 83.3 Å². The average Bonchev–Trinajstić information content (AvgIpc) is 0.861. The van der Waals surface area contributed by atoms with Crippen molar-refractivity contribution in [2.75, 3.05) is 85.1 Å². The second-order valence-electron chi connectivity index (χ2n) is 24.0. The molecule has 0 bridgehead atoms. The first kappa shape index (κ1) is 82.7. The summed E-state index contributed by atoms with van der Waals surface area (Å²) in [7, 11) is 0. The number of carboxylic acids is 8. The zero-order valence-corrected chi connectivity index (χ0v) is 55.0. The van der Waals surface area contributed by atoms with Gasteiger partial charge in [-0.3, -0.25) is 67.5 Å². The molecule has 0 radical (unpaired) electrons. The fourth-order valence-electron chi connectivity index (χ4n) is 10.7. The summed E-state index contributed by atoms with van der Waals surface area (Å²) >= 11 is 0. The number of hydrogen-bond acceptors (Lipinski definition) is 19. The second-order valence-corrected chi connectivity index (χ2v) is 24.0. The number of phenolic OH excluding ortho intramolecular Hbond substituents is 1. The predicted octanol–water partition coefficient (Wildman–Crippen LogP) is -0.282. The number of hydrogen-bond donors (Lipinski definition) is 16. The van der Waals surface area contributed by atoms with E-state index in [1.165, 1.54) is 26.8 Å². The number of aliphatic carboxylic acids is 8. The van der Waals surface area contributed by atoms with E-state index in [9.17, 15) is 108 Å². The number of nitrogens with zero attached hydrogens (tertiary/aromatic N) is 4. The molecule has 7 amide bonds. The topological polar surface area (TPSA) is 518 Å². The number of benzene rings is 2. The molecule has 0 spiro atoms. The number of rotatable bonds is 45. The molecule has 34 nitrogen and oxygen atoms in total. The van der Waals surface area contributed by atoms with E-state index in [2.05, 4.69) is 37.2 Å². The van der Waals surface area contributed by atoms with Crippen LogP contribution in [0.4, 0.5) is 4.79 Å². The molecule has 1 saturated heterocycles. The summed E-state index contributed by atoms with van der Waals surface area (Å²) in [5.74, 6) is -13.5. The van der Waals surface area contributed by atoms with E-state index in [0.29, 0.717) is 55.2 Å². The molecular weight excluding hydrogens is 1290 g/mol. The van der Waals surface area contributed by atoms with E-state index in [4.69, 9.17) is 5.11 Å². The van der Waals surface area contributed by atoms with Crippen LogP contribution >= 0.6 is 0 Å². The van der Waals surface area contributed by atoms with Crippen LogP contribution in [0.15, 0.2) is 48.5 Å². The fraction of sp³-hybridized carbons (Fsp3) is 0.594. The van der Waals surface area contributed by atoms with Crippen LogP contribution in [0.2, 0.25) is 0 Å². The third-order valence-electron chi connectivity index (χ3n) is 16.1. The molecule has 0 saturated carbocycles. The summed E-state index contributed by atoms with van der Waals surface area (Å²) < 4.78 is 0. The molecule has 16 N–H and O–H groups in total. The Kier molecular flexibility index (Phi) is 38.0. The zero-order valence-electron chi connectivity index (χ0n) is 55.0. The van der Waals surface area contributed by atoms with E-state index in [0.717, 1.165) is 0 Å². The number of amides is 7. The van der Waals surface area contributed by atoms with Gasteiger partial charge in [-0.2, -0.15) is 0 Å². The average molecular weight is 1390 g/mol. The Morgan fingerprint density at radius 2 is 0.827 bits per heavy atom. The van der Waals surface area contributed by atoms with Crippen LogP contribution in [0.3, 0.4) is 0 Å². The molecule has 6 atom stereocenters. The Hall–Kier alpha value is -9.54. The Morgan fingerprint density at radius 1 is 0.398 bits per heavy atom. The molecule has 1 aliphatic heterocycles. The summed E-state index contributed by atoms with van der Waals surface area (Å²) in [6, 6.07) is 3.26. The standard InChI is InChI=1S/C64H95N11O23/c1-41-35-43(19-22-50(41)76)37-47(67-53(79)23-21-49(63(96)97)75-33-31-73(39-56(84)85)29-27-72(38-55(82)83)28-30-74(32-34-75)40-57(86)87)58(88)69-48(36-42-13-5-4-6-14-42)59(89)68-44(60(90)91)15-9-11-25-65-51(77)17-7-2-3-8-18-52(78)66-26-12-10-16-45(61(92)93)70-64(98)71-46(62(94)95)20-24-54(80)81/h4-6,13-14,19,22,35,44-49,76H,2-3,7-12,15-18,20-21,23-34,36-40H2,1H3,(H,65,77)(H,66,78)(H,67,79)(H,68,89)(H,69,88)(H,80,81)(H,82,83)(H,84,85)(H,86,87)(H,90,91)(H,92,93)(H,94,95)(H,96,97)(H2,70,71,98)/t44-,45+,46+,47-,48-,49+/m1/s1. The third-order valence-corrected chi connectivity index (χ3v) is 16.1. The van der Waals surface area contributed by atoms with Gasteiger partial charge in [0.1, 0.15) is 42.0 Å². The van der Waals surface area contributed by atoms with Crippen LogP contribution in [0.1, 0.15) is 119 Å². The van der Waals surface area contributed by atoms with Crippen molar-refractivity contribution in [2.45, 2.75) is 159 Å². The number of aryl methyl sites for hydroxylation is 1. The smallest absolute Gasteiger partial charge is 0.326 e. The van der Waals surface area contributed by atoms with Crippen LogP contribution < -0.4 is 37.2 Å². The second kappa shape index (κ2) is 45.1. The molecule has 1 aliphatic rings. The number of carbonyl (C=O) groups is 14. The van der Waals surface area contributed by atoms with Crippen molar-refractivity contribution < 1.29 is 113 Å². The van der Waals surface area contributed by atoms with Gasteiger partial charge in [0.05, 0.1) is 19.6 Å². The maximum absolute atomic E-state index is 14.5. The van der Waals surface area contributed by atoms with Crippen LogP contribution in [0.25, 0.3) is 0 Å². The largest absolute Gasteiger partial charge is 0.508 e. The lowest BCUT2D eigenvalue weighted by Gasteiger charge is -2.35. The van der Waals surface area contributed by atoms with Gasteiger partial charge in [-0.15, -0.1) is 0 Å². The zero-order chi connectivity index (χ0) is 72.7. The van der Waals surface area contributed by atoms with Gasteiger partial charge in [0, 0.05) is 104 Å². The van der Waals surface area contributed by atoms with Crippen molar-refractivity contribution in [3.63, 3.8) is 0 Å². The molecular formula is C64H95N11O23. The first-order valence-corrected chi connectivity index (χ1v) is 32.5. The minimum Gasteiger partial charge on any atom is -0.508 e. The molecule has 2 aromatic carbocycles. The highest BCUT2D eigenvalue weighted by Gasteiger charge is 2.33. The number of carbonyl (C=O) groups excluding carboxylic acids is 6. The van der Waals surface area contributed by atoms with Gasteiger partial charge in [0.25, 0.3) is 0 Å². The van der Waals surface area contributed by atoms with Gasteiger partial charge in [0.2, 0.25) is 29.5 Å². The highest BCUT2D eigenvalue weighted by Crippen LogP contribution is 2.19. The number of nitrogens with one attached hydrogen (secondary N) is 7. The maximum Gasteiger partial charge on any atom is 0.326 e. The summed E-state index contributed by atoms with van der Waals surface area (Å²) in [4.78, 5) is 181. The van der Waals surface area contributed by atoms with Crippen LogP contribution in [-0.4, -0.2) is 270 Å². The maximum atomic E-state index is 14.5. The Bertz CT molecular complexity index is 2960. The van der Waals surface area contributed by atoms with E-state index < -0.39 is 147 Å². The minimum atomic E-state index is -1.54. The lowest BCUT2D eigenvalue weighted by Crippen LogP contribution is -2.57. The van der Waals surface area contributed by atoms with Gasteiger partial charge in [-0.25, -0.2) is 19.2 Å². The number of unbranched alkanes of at least 4 members (excludes halogenated alkanes) is 5. The first-order chi connectivity index (χ1) is 46.5. The SMILES string of the molecule is Cc1cc(C[C@@H](NC(=O)CC[C@@H](C(=O)O)N2CCN(CC(=O)O)CCN(CC(=O)O)CCN(CC(=O)O)CC2)C(=O)N[C@H](Cc2ccccc2)C(=O)N[C@H](CCCCNC(=O)CCCCCCC(=O)NCCCC[C@H](NC(=O)N[C@@H](CCC(=O)O)C(=O)O)C(=O)O)C(=O)O)ccc1O. The van der Waals surface area contributed by atoms with E-state index >= 15 is 0 Å². The normalized spacial score (nSPS) is 15.3. The van der Waals surface area contributed by atoms with Crippen LogP contribution in [0.5, 0.6) is 5.75 Å². The number of phenols is 1. The third kappa shape index (κ3) is 34.9. The van der Waals surface area contributed by atoms with E-state index in [1.807, 2.05) is 0 Å². The first-order valence-electron chi connectivity index (χ1n) is 32.5. The number of carboxylic acid groups (broad SMARTS) is 8. The molecule has 2 aromatic rings. The molecule has 98 heavy (non-hydrogen) atoms. The van der Waals surface area contributed by atoms with Gasteiger partial charge < -0.3 is 83.2 Å². The number of aromatic hydroxyl groups is 1. The van der Waals surface area contributed by atoms with E-state index in [1.54, 1.807) is 48.2 Å². The molecule has 0 aliphatic carbocycles. The Morgan fingerprint density at radius 3 is 1.27 bits per heavy atom. The van der Waals surface area contributed by atoms with Crippen molar-refractivity contribution in [3.8, 4) is 5.75 Å². The van der Waals surface area contributed by atoms with E-state index in [-0.39, 0.29) is 141 Å². The molecule has 0 unspecified atom stereocenters. The van der Waals surface area contributed by atoms with Crippen molar-refractivity contribution in [1.29, 1.82) is 0 Å². The van der Waals surface area contributed by atoms with Crippen molar-refractivity contribution in [1.82, 2.24) is 56.8 Å². The monoisotopic (exact) mass is 1390 g/mol. The molecule has 1 heterocycles. The summed E-state index contributed by atoms with van der Waals surface area (Å²) in [6.07, 6.45) is 1.75. The summed E-state index contributed by atoms with van der Waals surface area (Å²) in [6.45, 7) is 0.938. The van der Waals surface area contributed by atoms with Crippen molar-refractivity contribution in [2.24, 2.45) is 0 Å². The highest BCUT2D eigenvalue weighted by atomic mass is 16.4. The lowest BCUT2D eigenvalue weighted by atomic mass is 10.00. The van der Waals surface area contributed by atoms with Crippen LogP contribution in [0, 0.1) is 6.92 Å². The molecule has 0 aromatic heterocycles. The lowest BCUT2D eigenvalue weighted by molar-refractivity contribution is -0.145. The predicted molar refractivity (Wildman–Crippen MR) is 347 cm³/mol. The molecule has 3 rings (SSSR count). The van der Waals surface area contributed by atoms with Gasteiger partial charge in [0.15, 0.2) is 0 Å². The number of urea groups is 1. The van der Waals surface area contributed by atoms with Crippen LogP contribution in [-0.2, 0) is 75.2 Å². The highest BCUT2D eigenvalue weighted by molar-refractivity contribution is 5.94. The molecule has 34 heteroatoms. The molecule has 1 fully saturated rings. The fourth-order valence-corrected chi connectivity index (χ4v) is 10.7.